The maximum Gasteiger partial charge on any atom is 0.229 e. The van der Waals surface area contributed by atoms with Crippen molar-refractivity contribution in [3.05, 3.63) is 57.7 Å². The molecule has 1 aliphatic heterocycles. The Morgan fingerprint density at radius 2 is 1.87 bits per heavy atom. The molecule has 0 spiro atoms. The standard InChI is InChI=1S/C18H17IN2O2/c1-12-4-2-3-5-16(12)21-11-13(10-17(21)22)18(23)20-15-8-6-14(19)7-9-15/h2-9,13H,10-11H2,1H3,(H,20,23). The van der Waals surface area contributed by atoms with Gasteiger partial charge in [0.15, 0.2) is 0 Å². The van der Waals surface area contributed by atoms with E-state index in [1.165, 1.54) is 0 Å². The fourth-order valence-corrected chi connectivity index (χ4v) is 3.12. The van der Waals surface area contributed by atoms with E-state index in [1.54, 1.807) is 4.90 Å². The number of anilines is 2. The van der Waals surface area contributed by atoms with Crippen LogP contribution in [-0.2, 0) is 9.59 Å². The number of hydrogen-bond donors (Lipinski definition) is 1. The zero-order valence-electron chi connectivity index (χ0n) is 12.8. The van der Waals surface area contributed by atoms with Gasteiger partial charge in [-0.3, -0.25) is 9.59 Å². The van der Waals surface area contributed by atoms with E-state index in [4.69, 9.17) is 0 Å². The number of rotatable bonds is 3. The average molecular weight is 420 g/mol. The van der Waals surface area contributed by atoms with Gasteiger partial charge in [0.1, 0.15) is 0 Å². The molecule has 1 N–H and O–H groups in total. The first-order valence-corrected chi connectivity index (χ1v) is 8.55. The molecule has 118 valence electrons. The predicted octanol–water partition coefficient (Wildman–Crippen LogP) is 3.59. The summed E-state index contributed by atoms with van der Waals surface area (Å²) in [6.45, 7) is 2.40. The largest absolute Gasteiger partial charge is 0.326 e. The molecule has 0 aromatic heterocycles. The molecule has 0 saturated carbocycles. The quantitative estimate of drug-likeness (QED) is 0.772. The molecule has 5 heteroatoms. The normalized spacial score (nSPS) is 17.4. The van der Waals surface area contributed by atoms with Gasteiger partial charge >= 0.3 is 0 Å². The Morgan fingerprint density at radius 1 is 1.17 bits per heavy atom. The Hall–Kier alpha value is -1.89. The van der Waals surface area contributed by atoms with E-state index in [1.807, 2.05) is 55.5 Å². The van der Waals surface area contributed by atoms with Crippen molar-refractivity contribution in [3.63, 3.8) is 0 Å². The highest BCUT2D eigenvalue weighted by Crippen LogP contribution is 2.28. The molecule has 1 fully saturated rings. The number of amides is 2. The Labute approximate surface area is 149 Å². The highest BCUT2D eigenvalue weighted by Gasteiger charge is 2.35. The van der Waals surface area contributed by atoms with Crippen molar-refractivity contribution in [3.8, 4) is 0 Å². The molecule has 1 atom stereocenters. The number of carbonyl (C=O) groups is 2. The summed E-state index contributed by atoms with van der Waals surface area (Å²) in [7, 11) is 0. The molecule has 1 unspecified atom stereocenters. The van der Waals surface area contributed by atoms with E-state index in [9.17, 15) is 9.59 Å². The maximum absolute atomic E-state index is 12.4. The molecule has 3 rings (SSSR count). The summed E-state index contributed by atoms with van der Waals surface area (Å²) < 4.78 is 1.11. The SMILES string of the molecule is Cc1ccccc1N1CC(C(=O)Nc2ccc(I)cc2)CC1=O. The van der Waals surface area contributed by atoms with Crippen LogP contribution in [0.1, 0.15) is 12.0 Å². The molecule has 0 aliphatic carbocycles. The van der Waals surface area contributed by atoms with E-state index in [0.29, 0.717) is 6.54 Å². The van der Waals surface area contributed by atoms with Crippen molar-refractivity contribution < 1.29 is 9.59 Å². The number of benzene rings is 2. The van der Waals surface area contributed by atoms with Crippen LogP contribution in [-0.4, -0.2) is 18.4 Å². The van der Waals surface area contributed by atoms with E-state index in [0.717, 1.165) is 20.5 Å². The monoisotopic (exact) mass is 420 g/mol. The second kappa shape index (κ2) is 6.70. The number of para-hydroxylation sites is 1. The van der Waals surface area contributed by atoms with Crippen LogP contribution in [0.2, 0.25) is 0 Å². The first kappa shape index (κ1) is 16.0. The van der Waals surface area contributed by atoms with E-state index in [2.05, 4.69) is 27.9 Å². The van der Waals surface area contributed by atoms with E-state index >= 15 is 0 Å². The van der Waals surface area contributed by atoms with Crippen LogP contribution in [0.4, 0.5) is 11.4 Å². The summed E-state index contributed by atoms with van der Waals surface area (Å²) in [5, 5.41) is 2.90. The number of aryl methyl sites for hydroxylation is 1. The van der Waals surface area contributed by atoms with Crippen LogP contribution in [0, 0.1) is 16.4 Å². The summed E-state index contributed by atoms with van der Waals surface area (Å²) >= 11 is 2.22. The summed E-state index contributed by atoms with van der Waals surface area (Å²) in [6.07, 6.45) is 0.254. The zero-order chi connectivity index (χ0) is 16.4. The molecule has 1 heterocycles. The fraction of sp³-hybridized carbons (Fsp3) is 0.222. The van der Waals surface area contributed by atoms with Crippen molar-refractivity contribution in [2.45, 2.75) is 13.3 Å². The van der Waals surface area contributed by atoms with Crippen molar-refractivity contribution in [2.24, 2.45) is 5.92 Å². The molecule has 23 heavy (non-hydrogen) atoms. The molecule has 1 aliphatic rings. The molecular weight excluding hydrogens is 403 g/mol. The topological polar surface area (TPSA) is 49.4 Å². The zero-order valence-corrected chi connectivity index (χ0v) is 14.9. The maximum atomic E-state index is 12.4. The highest BCUT2D eigenvalue weighted by atomic mass is 127. The van der Waals surface area contributed by atoms with Gasteiger partial charge in [0.2, 0.25) is 11.8 Å². The smallest absolute Gasteiger partial charge is 0.229 e. The van der Waals surface area contributed by atoms with Crippen LogP contribution in [0.3, 0.4) is 0 Å². The number of carbonyl (C=O) groups excluding carboxylic acids is 2. The Bertz CT molecular complexity index is 743. The number of nitrogens with zero attached hydrogens (tertiary/aromatic N) is 1. The van der Waals surface area contributed by atoms with Gasteiger partial charge < -0.3 is 10.2 Å². The second-order valence-electron chi connectivity index (χ2n) is 5.69. The van der Waals surface area contributed by atoms with Gasteiger partial charge in [0.05, 0.1) is 5.92 Å². The van der Waals surface area contributed by atoms with Crippen molar-refractivity contribution in [1.29, 1.82) is 0 Å². The van der Waals surface area contributed by atoms with Gasteiger partial charge in [-0.1, -0.05) is 18.2 Å². The lowest BCUT2D eigenvalue weighted by Gasteiger charge is -2.19. The van der Waals surface area contributed by atoms with Crippen molar-refractivity contribution in [1.82, 2.24) is 0 Å². The van der Waals surface area contributed by atoms with Gasteiger partial charge in [0.25, 0.3) is 0 Å². The average Bonchev–Trinajstić information content (AvgIpc) is 2.92. The summed E-state index contributed by atoms with van der Waals surface area (Å²) in [6, 6.07) is 15.4. The predicted molar refractivity (Wildman–Crippen MR) is 99.4 cm³/mol. The molecule has 0 radical (unpaired) electrons. The van der Waals surface area contributed by atoms with Crippen LogP contribution >= 0.6 is 22.6 Å². The van der Waals surface area contributed by atoms with E-state index < -0.39 is 0 Å². The second-order valence-corrected chi connectivity index (χ2v) is 6.93. The molecule has 0 bridgehead atoms. The molecular formula is C18H17IN2O2. The first-order chi connectivity index (χ1) is 11.0. The van der Waals surface area contributed by atoms with Crippen molar-refractivity contribution in [2.75, 3.05) is 16.8 Å². The fourth-order valence-electron chi connectivity index (χ4n) is 2.76. The van der Waals surface area contributed by atoms with Crippen LogP contribution < -0.4 is 10.2 Å². The van der Waals surface area contributed by atoms with Gasteiger partial charge in [0, 0.05) is 27.9 Å². The first-order valence-electron chi connectivity index (χ1n) is 7.47. The van der Waals surface area contributed by atoms with Crippen LogP contribution in [0.25, 0.3) is 0 Å². The molecule has 4 nitrogen and oxygen atoms in total. The number of hydrogen-bond acceptors (Lipinski definition) is 2. The van der Waals surface area contributed by atoms with Gasteiger partial charge in [-0.15, -0.1) is 0 Å². The third-order valence-corrected chi connectivity index (χ3v) is 4.73. The minimum atomic E-state index is -0.318. The Balaban J connectivity index is 1.71. The lowest BCUT2D eigenvalue weighted by molar-refractivity contribution is -0.122. The van der Waals surface area contributed by atoms with Crippen molar-refractivity contribution >= 4 is 45.8 Å². The number of nitrogens with one attached hydrogen (secondary N) is 1. The minimum Gasteiger partial charge on any atom is -0.326 e. The molecule has 2 amide bonds. The van der Waals surface area contributed by atoms with E-state index in [-0.39, 0.29) is 24.2 Å². The summed E-state index contributed by atoms with van der Waals surface area (Å²) in [5.74, 6) is -0.418. The molecule has 1 saturated heterocycles. The van der Waals surface area contributed by atoms with Crippen LogP contribution in [0.5, 0.6) is 0 Å². The van der Waals surface area contributed by atoms with Gasteiger partial charge in [-0.25, -0.2) is 0 Å². The summed E-state index contributed by atoms with van der Waals surface area (Å²) in [5.41, 5.74) is 2.69. The molecule has 2 aromatic rings. The van der Waals surface area contributed by atoms with Gasteiger partial charge in [-0.05, 0) is 65.4 Å². The molecule has 2 aromatic carbocycles. The Morgan fingerprint density at radius 3 is 2.57 bits per heavy atom. The van der Waals surface area contributed by atoms with Gasteiger partial charge in [-0.2, -0.15) is 0 Å². The highest BCUT2D eigenvalue weighted by molar-refractivity contribution is 14.1. The Kier molecular flexibility index (Phi) is 4.66. The number of halogens is 1. The lowest BCUT2D eigenvalue weighted by Crippen LogP contribution is -2.28. The minimum absolute atomic E-state index is 0.00191. The third kappa shape index (κ3) is 3.55. The lowest BCUT2D eigenvalue weighted by atomic mass is 10.1. The third-order valence-electron chi connectivity index (χ3n) is 4.01. The van der Waals surface area contributed by atoms with Crippen LogP contribution in [0.15, 0.2) is 48.5 Å². The summed E-state index contributed by atoms with van der Waals surface area (Å²) in [4.78, 5) is 26.4.